The Morgan fingerprint density at radius 2 is 1.86 bits per heavy atom. The fourth-order valence-electron chi connectivity index (χ4n) is 4.17. The highest BCUT2D eigenvalue weighted by atomic mass is 16.5. The lowest BCUT2D eigenvalue weighted by Gasteiger charge is -2.34. The summed E-state index contributed by atoms with van der Waals surface area (Å²) >= 11 is 0. The number of rotatable bonds is 5. The number of nitrogens with zero attached hydrogens (tertiary/aromatic N) is 1. The van der Waals surface area contributed by atoms with Gasteiger partial charge in [-0.1, -0.05) is 43.5 Å². The molecular formula is C24H26N2O3. The standard InChI is InChI=1S/C24H26N2O3/c1-29-21-12-7-9-18(15-21)24(28)26(20-10-3-2-4-11-20)16-19-14-17-8-5-6-13-22(17)25-23(19)27/h5-9,12-15,20H,2-4,10-11,16H2,1H3,(H,25,27). The van der Waals surface area contributed by atoms with Crippen LogP contribution in [0.5, 0.6) is 5.75 Å². The first-order chi connectivity index (χ1) is 14.2. The van der Waals surface area contributed by atoms with E-state index in [1.54, 1.807) is 13.2 Å². The molecule has 150 valence electrons. The first-order valence-corrected chi connectivity index (χ1v) is 10.2. The summed E-state index contributed by atoms with van der Waals surface area (Å²) in [7, 11) is 1.59. The third-order valence-electron chi connectivity index (χ3n) is 5.76. The van der Waals surface area contributed by atoms with Crippen molar-refractivity contribution in [2.24, 2.45) is 0 Å². The third-order valence-corrected chi connectivity index (χ3v) is 5.76. The summed E-state index contributed by atoms with van der Waals surface area (Å²) in [5.41, 5.74) is 1.88. The lowest BCUT2D eigenvalue weighted by Crippen LogP contribution is -2.42. The van der Waals surface area contributed by atoms with Gasteiger partial charge in [0.2, 0.25) is 0 Å². The Labute approximate surface area is 170 Å². The molecule has 1 saturated carbocycles. The molecule has 0 aliphatic heterocycles. The highest BCUT2D eigenvalue weighted by molar-refractivity contribution is 5.95. The zero-order valence-electron chi connectivity index (χ0n) is 16.7. The lowest BCUT2D eigenvalue weighted by molar-refractivity contribution is 0.0613. The van der Waals surface area contributed by atoms with Crippen LogP contribution < -0.4 is 10.3 Å². The maximum absolute atomic E-state index is 13.4. The van der Waals surface area contributed by atoms with E-state index in [4.69, 9.17) is 4.74 Å². The van der Waals surface area contributed by atoms with E-state index >= 15 is 0 Å². The Morgan fingerprint density at radius 1 is 1.07 bits per heavy atom. The van der Waals surface area contributed by atoms with Gasteiger partial charge in [-0.25, -0.2) is 0 Å². The van der Waals surface area contributed by atoms with Crippen molar-refractivity contribution >= 4 is 16.8 Å². The van der Waals surface area contributed by atoms with Crippen molar-refractivity contribution in [2.45, 2.75) is 44.7 Å². The minimum Gasteiger partial charge on any atom is -0.497 e. The summed E-state index contributed by atoms with van der Waals surface area (Å²) in [6, 6.07) is 17.0. The molecule has 1 fully saturated rings. The second-order valence-electron chi connectivity index (χ2n) is 7.67. The number of hydrogen-bond acceptors (Lipinski definition) is 3. The van der Waals surface area contributed by atoms with E-state index in [2.05, 4.69) is 4.98 Å². The second kappa shape index (κ2) is 8.52. The van der Waals surface area contributed by atoms with Crippen molar-refractivity contribution in [2.75, 3.05) is 7.11 Å². The topological polar surface area (TPSA) is 62.4 Å². The van der Waals surface area contributed by atoms with Gasteiger partial charge in [0.15, 0.2) is 0 Å². The molecule has 5 heteroatoms. The normalized spacial score (nSPS) is 14.7. The lowest BCUT2D eigenvalue weighted by atomic mass is 9.93. The highest BCUT2D eigenvalue weighted by Crippen LogP contribution is 2.26. The van der Waals surface area contributed by atoms with Crippen LogP contribution in [-0.4, -0.2) is 28.9 Å². The number of nitrogens with one attached hydrogen (secondary N) is 1. The SMILES string of the molecule is COc1cccc(C(=O)N(Cc2cc3ccccc3[nH]c2=O)C2CCCCC2)c1. The smallest absolute Gasteiger partial charge is 0.254 e. The summed E-state index contributed by atoms with van der Waals surface area (Å²) in [6.45, 7) is 0.306. The van der Waals surface area contributed by atoms with Crippen molar-refractivity contribution in [1.29, 1.82) is 0 Å². The Morgan fingerprint density at radius 3 is 2.66 bits per heavy atom. The number of carbonyl (C=O) groups is 1. The van der Waals surface area contributed by atoms with Crippen LogP contribution in [0.2, 0.25) is 0 Å². The molecule has 1 amide bonds. The number of methoxy groups -OCH3 is 1. The van der Waals surface area contributed by atoms with Gasteiger partial charge in [-0.2, -0.15) is 0 Å². The van der Waals surface area contributed by atoms with E-state index in [-0.39, 0.29) is 17.5 Å². The van der Waals surface area contributed by atoms with E-state index in [0.29, 0.717) is 23.4 Å². The molecule has 2 aromatic carbocycles. The number of fused-ring (bicyclic) bond motifs is 1. The average Bonchev–Trinajstić information content (AvgIpc) is 2.77. The number of para-hydroxylation sites is 1. The number of aromatic amines is 1. The van der Waals surface area contributed by atoms with E-state index in [9.17, 15) is 9.59 Å². The van der Waals surface area contributed by atoms with Crippen molar-refractivity contribution < 1.29 is 9.53 Å². The molecule has 0 unspecified atom stereocenters. The quantitative estimate of drug-likeness (QED) is 0.697. The van der Waals surface area contributed by atoms with Crippen LogP contribution in [0.1, 0.15) is 48.0 Å². The van der Waals surface area contributed by atoms with E-state index < -0.39 is 0 Å². The predicted octanol–water partition coefficient (Wildman–Crippen LogP) is 4.51. The van der Waals surface area contributed by atoms with Crippen LogP contribution in [0.3, 0.4) is 0 Å². The van der Waals surface area contributed by atoms with Crippen LogP contribution in [0.25, 0.3) is 10.9 Å². The highest BCUT2D eigenvalue weighted by Gasteiger charge is 2.27. The van der Waals surface area contributed by atoms with Crippen LogP contribution in [0.15, 0.2) is 59.4 Å². The molecule has 1 aliphatic carbocycles. The summed E-state index contributed by atoms with van der Waals surface area (Å²) in [6.07, 6.45) is 5.37. The maximum Gasteiger partial charge on any atom is 0.254 e. The van der Waals surface area contributed by atoms with Gasteiger partial charge < -0.3 is 14.6 Å². The molecule has 3 aromatic rings. The van der Waals surface area contributed by atoms with Gasteiger partial charge in [0.25, 0.3) is 11.5 Å². The van der Waals surface area contributed by atoms with Gasteiger partial charge in [0.05, 0.1) is 13.7 Å². The molecule has 0 spiro atoms. The summed E-state index contributed by atoms with van der Waals surface area (Å²) in [5.74, 6) is 0.603. The third kappa shape index (κ3) is 4.19. The maximum atomic E-state index is 13.4. The summed E-state index contributed by atoms with van der Waals surface area (Å²) < 4.78 is 5.29. The number of amides is 1. The number of pyridine rings is 1. The average molecular weight is 390 g/mol. The van der Waals surface area contributed by atoms with Crippen molar-refractivity contribution in [1.82, 2.24) is 9.88 Å². The fraction of sp³-hybridized carbons (Fsp3) is 0.333. The van der Waals surface area contributed by atoms with Gasteiger partial charge in [-0.3, -0.25) is 9.59 Å². The molecule has 0 atom stereocenters. The van der Waals surface area contributed by atoms with Crippen LogP contribution in [0.4, 0.5) is 0 Å². The zero-order valence-corrected chi connectivity index (χ0v) is 16.7. The minimum atomic E-state index is -0.136. The molecule has 0 bridgehead atoms. The Hall–Kier alpha value is -3.08. The largest absolute Gasteiger partial charge is 0.497 e. The molecule has 4 rings (SSSR count). The van der Waals surface area contributed by atoms with Crippen molar-refractivity contribution in [3.05, 3.63) is 76.1 Å². The van der Waals surface area contributed by atoms with Gasteiger partial charge >= 0.3 is 0 Å². The van der Waals surface area contributed by atoms with Crippen LogP contribution in [-0.2, 0) is 6.54 Å². The first kappa shape index (κ1) is 19.2. The summed E-state index contributed by atoms with van der Waals surface area (Å²) in [5, 5.41) is 0.972. The molecule has 1 heterocycles. The van der Waals surface area contributed by atoms with E-state index in [1.165, 1.54) is 6.42 Å². The number of hydrogen-bond donors (Lipinski definition) is 1. The number of benzene rings is 2. The Bertz CT molecular complexity index is 1070. The molecule has 0 radical (unpaired) electrons. The van der Waals surface area contributed by atoms with Crippen molar-refractivity contribution in [3.63, 3.8) is 0 Å². The van der Waals surface area contributed by atoms with Gasteiger partial charge in [-0.05, 0) is 48.6 Å². The fourth-order valence-corrected chi connectivity index (χ4v) is 4.17. The second-order valence-corrected chi connectivity index (χ2v) is 7.67. The van der Waals surface area contributed by atoms with Gasteiger partial charge in [-0.15, -0.1) is 0 Å². The number of aromatic nitrogens is 1. The molecule has 0 saturated heterocycles. The number of carbonyl (C=O) groups excluding carboxylic acids is 1. The van der Waals surface area contributed by atoms with Gasteiger partial charge in [0, 0.05) is 22.7 Å². The summed E-state index contributed by atoms with van der Waals surface area (Å²) in [4.78, 5) is 31.0. The van der Waals surface area contributed by atoms with Crippen LogP contribution in [0, 0.1) is 0 Å². The Balaban J connectivity index is 1.70. The van der Waals surface area contributed by atoms with Crippen LogP contribution >= 0.6 is 0 Å². The predicted molar refractivity (Wildman–Crippen MR) is 114 cm³/mol. The first-order valence-electron chi connectivity index (χ1n) is 10.2. The number of H-pyrrole nitrogens is 1. The molecule has 29 heavy (non-hydrogen) atoms. The Kier molecular flexibility index (Phi) is 5.65. The number of ether oxygens (including phenoxy) is 1. The van der Waals surface area contributed by atoms with Crippen molar-refractivity contribution in [3.8, 4) is 5.75 Å². The minimum absolute atomic E-state index is 0.0524. The molecule has 1 aliphatic rings. The zero-order chi connectivity index (χ0) is 20.2. The monoisotopic (exact) mass is 390 g/mol. The van der Waals surface area contributed by atoms with E-state index in [1.807, 2.05) is 53.4 Å². The molecular weight excluding hydrogens is 364 g/mol. The molecule has 1 N–H and O–H groups in total. The molecule has 5 nitrogen and oxygen atoms in total. The van der Waals surface area contributed by atoms with E-state index in [0.717, 1.165) is 36.6 Å². The molecule has 1 aromatic heterocycles. The van der Waals surface area contributed by atoms with Gasteiger partial charge in [0.1, 0.15) is 5.75 Å².